The quantitative estimate of drug-likeness (QED) is 0.535. The Morgan fingerprint density at radius 2 is 2.00 bits per heavy atom. The SMILES string of the molecule is CCC(OC(=O)CCc1ccc(NCC2CC=CCC2)cc1)C(=O)OC. The van der Waals surface area contributed by atoms with Gasteiger partial charge in [-0.25, -0.2) is 4.79 Å². The first-order chi connectivity index (χ1) is 12.6. The molecule has 5 nitrogen and oxygen atoms in total. The number of aryl methyl sites for hydroxylation is 1. The number of rotatable bonds is 9. The lowest BCUT2D eigenvalue weighted by molar-refractivity contribution is -0.166. The zero-order valence-corrected chi connectivity index (χ0v) is 15.7. The molecule has 2 unspecified atom stereocenters. The molecule has 0 saturated heterocycles. The van der Waals surface area contributed by atoms with Gasteiger partial charge >= 0.3 is 11.9 Å². The topological polar surface area (TPSA) is 64.6 Å². The van der Waals surface area contributed by atoms with Crippen molar-refractivity contribution in [3.63, 3.8) is 0 Å². The Morgan fingerprint density at radius 3 is 2.62 bits per heavy atom. The van der Waals surface area contributed by atoms with Crippen molar-refractivity contribution in [3.05, 3.63) is 42.0 Å². The van der Waals surface area contributed by atoms with Crippen LogP contribution in [0, 0.1) is 5.92 Å². The second-order valence-electron chi connectivity index (χ2n) is 6.64. The maximum Gasteiger partial charge on any atom is 0.347 e. The third-order valence-electron chi connectivity index (χ3n) is 4.65. The number of esters is 2. The van der Waals surface area contributed by atoms with Crippen molar-refractivity contribution in [2.24, 2.45) is 5.92 Å². The number of anilines is 1. The summed E-state index contributed by atoms with van der Waals surface area (Å²) in [6.45, 7) is 2.77. The Bertz CT molecular complexity index is 609. The fourth-order valence-corrected chi connectivity index (χ4v) is 2.99. The third-order valence-corrected chi connectivity index (χ3v) is 4.65. The summed E-state index contributed by atoms with van der Waals surface area (Å²) in [4.78, 5) is 23.4. The average Bonchev–Trinajstić information content (AvgIpc) is 2.69. The molecular weight excluding hydrogens is 330 g/mol. The van der Waals surface area contributed by atoms with Gasteiger partial charge in [0.2, 0.25) is 0 Å². The van der Waals surface area contributed by atoms with Crippen LogP contribution < -0.4 is 5.32 Å². The highest BCUT2D eigenvalue weighted by Gasteiger charge is 2.21. The molecule has 0 aliphatic heterocycles. The van der Waals surface area contributed by atoms with Crippen molar-refractivity contribution < 1.29 is 19.1 Å². The van der Waals surface area contributed by atoms with Gasteiger partial charge in [-0.2, -0.15) is 0 Å². The highest BCUT2D eigenvalue weighted by atomic mass is 16.6. The standard InChI is InChI=1S/C21H29NO4/c1-3-19(21(24)25-2)26-20(23)14-11-16-9-12-18(13-10-16)22-15-17-7-5-4-6-8-17/h4-5,9-10,12-13,17,19,22H,3,6-8,11,14-15H2,1-2H3. The van der Waals surface area contributed by atoms with Crippen molar-refractivity contribution >= 4 is 17.6 Å². The summed E-state index contributed by atoms with van der Waals surface area (Å²) >= 11 is 0. The van der Waals surface area contributed by atoms with Crippen molar-refractivity contribution in [1.29, 1.82) is 0 Å². The van der Waals surface area contributed by atoms with Crippen molar-refractivity contribution in [1.82, 2.24) is 0 Å². The number of hydrogen-bond donors (Lipinski definition) is 1. The minimum Gasteiger partial charge on any atom is -0.466 e. The number of carbonyl (C=O) groups is 2. The Kier molecular flexibility index (Phi) is 8.19. The van der Waals surface area contributed by atoms with Crippen LogP contribution in [0.2, 0.25) is 0 Å². The zero-order valence-electron chi connectivity index (χ0n) is 15.7. The van der Waals surface area contributed by atoms with Crippen LogP contribution in [0.1, 0.15) is 44.6 Å². The number of carbonyl (C=O) groups excluding carboxylic acids is 2. The molecule has 2 rings (SSSR count). The summed E-state index contributed by atoms with van der Waals surface area (Å²) in [5.74, 6) is -0.185. The molecule has 0 spiro atoms. The average molecular weight is 359 g/mol. The molecule has 1 aromatic rings. The Morgan fingerprint density at radius 1 is 1.23 bits per heavy atom. The lowest BCUT2D eigenvalue weighted by Crippen LogP contribution is -2.27. The van der Waals surface area contributed by atoms with Crippen LogP contribution in [0.5, 0.6) is 0 Å². The fourth-order valence-electron chi connectivity index (χ4n) is 2.99. The van der Waals surface area contributed by atoms with Crippen LogP contribution in [0.3, 0.4) is 0 Å². The Hall–Kier alpha value is -2.30. The van der Waals surface area contributed by atoms with Gasteiger partial charge in [0.1, 0.15) is 0 Å². The van der Waals surface area contributed by atoms with E-state index < -0.39 is 12.1 Å². The molecule has 1 aromatic carbocycles. The van der Waals surface area contributed by atoms with Gasteiger partial charge in [-0.1, -0.05) is 31.2 Å². The van der Waals surface area contributed by atoms with E-state index in [4.69, 9.17) is 4.74 Å². The van der Waals surface area contributed by atoms with Gasteiger partial charge in [-0.3, -0.25) is 4.79 Å². The number of allylic oxidation sites excluding steroid dienone is 2. The van der Waals surface area contributed by atoms with E-state index in [0.717, 1.165) is 24.2 Å². The van der Waals surface area contributed by atoms with Gasteiger partial charge < -0.3 is 14.8 Å². The van der Waals surface area contributed by atoms with Crippen molar-refractivity contribution in [2.75, 3.05) is 19.0 Å². The minimum absolute atomic E-state index is 0.245. The second-order valence-corrected chi connectivity index (χ2v) is 6.64. The van der Waals surface area contributed by atoms with E-state index in [2.05, 4.69) is 22.2 Å². The molecule has 0 radical (unpaired) electrons. The Labute approximate surface area is 155 Å². The summed E-state index contributed by atoms with van der Waals surface area (Å²) in [5, 5.41) is 3.48. The smallest absolute Gasteiger partial charge is 0.347 e. The van der Waals surface area contributed by atoms with Crippen LogP contribution in [0.4, 0.5) is 5.69 Å². The van der Waals surface area contributed by atoms with Gasteiger partial charge in [0, 0.05) is 18.7 Å². The van der Waals surface area contributed by atoms with Crippen LogP contribution in [0.15, 0.2) is 36.4 Å². The summed E-state index contributed by atoms with van der Waals surface area (Å²) in [5.41, 5.74) is 2.17. The van der Waals surface area contributed by atoms with E-state index in [0.29, 0.717) is 18.8 Å². The van der Waals surface area contributed by atoms with Gasteiger partial charge in [0.25, 0.3) is 0 Å². The normalized spacial score (nSPS) is 17.4. The van der Waals surface area contributed by atoms with Crippen molar-refractivity contribution in [3.8, 4) is 0 Å². The number of benzene rings is 1. The largest absolute Gasteiger partial charge is 0.466 e. The van der Waals surface area contributed by atoms with E-state index in [1.165, 1.54) is 20.0 Å². The minimum atomic E-state index is -0.811. The zero-order chi connectivity index (χ0) is 18.8. The lowest BCUT2D eigenvalue weighted by Gasteiger charge is -2.19. The number of nitrogens with one attached hydrogen (secondary N) is 1. The molecular formula is C21H29NO4. The molecule has 0 bridgehead atoms. The van der Waals surface area contributed by atoms with E-state index in [1.807, 2.05) is 24.3 Å². The van der Waals surface area contributed by atoms with Crippen LogP contribution >= 0.6 is 0 Å². The predicted molar refractivity (Wildman–Crippen MR) is 102 cm³/mol. The van der Waals surface area contributed by atoms with Crippen molar-refractivity contribution in [2.45, 2.75) is 51.6 Å². The van der Waals surface area contributed by atoms with Crippen LogP contribution in [-0.2, 0) is 25.5 Å². The number of ether oxygens (including phenoxy) is 2. The van der Waals surface area contributed by atoms with Crippen LogP contribution in [0.25, 0.3) is 0 Å². The third kappa shape index (κ3) is 6.54. The van der Waals surface area contributed by atoms with E-state index in [-0.39, 0.29) is 12.4 Å². The Balaban J connectivity index is 1.73. The first kappa shape index (κ1) is 20.0. The van der Waals surface area contributed by atoms with E-state index >= 15 is 0 Å². The van der Waals surface area contributed by atoms with Crippen LogP contribution in [-0.4, -0.2) is 31.7 Å². The molecule has 0 saturated carbocycles. The summed E-state index contributed by atoms with van der Waals surface area (Å²) in [6, 6.07) is 8.13. The molecule has 1 aliphatic rings. The molecule has 5 heteroatoms. The molecule has 1 N–H and O–H groups in total. The fraction of sp³-hybridized carbons (Fsp3) is 0.524. The predicted octanol–water partition coefficient (Wildman–Crippen LogP) is 3.88. The number of hydrogen-bond acceptors (Lipinski definition) is 5. The summed E-state index contributed by atoms with van der Waals surface area (Å²) < 4.78 is 9.79. The number of methoxy groups -OCH3 is 1. The van der Waals surface area contributed by atoms with Gasteiger partial charge in [0.05, 0.1) is 7.11 Å². The molecule has 2 atom stereocenters. The van der Waals surface area contributed by atoms with Gasteiger partial charge in [0.15, 0.2) is 6.10 Å². The lowest BCUT2D eigenvalue weighted by atomic mass is 9.94. The molecule has 1 aliphatic carbocycles. The maximum absolute atomic E-state index is 11.9. The summed E-state index contributed by atoms with van der Waals surface area (Å²) in [6.07, 6.45) is 8.52. The molecule has 142 valence electrons. The molecule has 0 amide bonds. The van der Waals surface area contributed by atoms with E-state index in [9.17, 15) is 9.59 Å². The van der Waals surface area contributed by atoms with E-state index in [1.54, 1.807) is 6.92 Å². The highest BCUT2D eigenvalue weighted by molar-refractivity contribution is 5.79. The van der Waals surface area contributed by atoms with Gasteiger partial charge in [-0.05, 0) is 55.7 Å². The second kappa shape index (κ2) is 10.6. The molecule has 0 fully saturated rings. The first-order valence-corrected chi connectivity index (χ1v) is 9.37. The maximum atomic E-state index is 11.9. The molecule has 0 aromatic heterocycles. The monoisotopic (exact) mass is 359 g/mol. The molecule has 0 heterocycles. The first-order valence-electron chi connectivity index (χ1n) is 9.37. The highest BCUT2D eigenvalue weighted by Crippen LogP contribution is 2.19. The molecule has 26 heavy (non-hydrogen) atoms. The summed E-state index contributed by atoms with van der Waals surface area (Å²) in [7, 11) is 1.29. The van der Waals surface area contributed by atoms with Gasteiger partial charge in [-0.15, -0.1) is 0 Å².